The van der Waals surface area contributed by atoms with Crippen LogP contribution in [0.5, 0.6) is 0 Å². The van der Waals surface area contributed by atoms with Crippen molar-refractivity contribution >= 4 is 17.3 Å². The Morgan fingerprint density at radius 1 is 1.10 bits per heavy atom. The lowest BCUT2D eigenvalue weighted by Gasteiger charge is -2.60. The second-order valence-corrected chi connectivity index (χ2v) is 11.3. The van der Waals surface area contributed by atoms with Gasteiger partial charge in [-0.05, 0) is 68.2 Å². The molecular weight excluding hydrogens is 376 g/mol. The molecule has 5 fully saturated rings. The molecule has 5 rings (SSSR count). The first-order chi connectivity index (χ1) is 14.4. The maximum absolute atomic E-state index is 13.6. The van der Waals surface area contributed by atoms with Gasteiger partial charge in [0.15, 0.2) is 0 Å². The van der Waals surface area contributed by atoms with E-state index in [4.69, 9.17) is 4.84 Å². The Hall–Kier alpha value is -1.23. The van der Waals surface area contributed by atoms with Gasteiger partial charge in [0.25, 0.3) is 0 Å². The molecule has 1 unspecified atom stereocenters. The van der Waals surface area contributed by atoms with E-state index in [0.29, 0.717) is 35.7 Å². The lowest BCUT2D eigenvalue weighted by molar-refractivity contribution is -0.156. The minimum Gasteiger partial charge on any atom is -0.391 e. The molecule has 0 aromatic rings. The largest absolute Gasteiger partial charge is 0.391 e. The summed E-state index contributed by atoms with van der Waals surface area (Å²) in [6, 6.07) is 0. The number of carbonyl (C=O) groups is 2. The molecule has 1 heterocycles. The fourth-order valence-corrected chi connectivity index (χ4v) is 8.36. The van der Waals surface area contributed by atoms with Crippen LogP contribution in [-0.2, 0) is 14.4 Å². The van der Waals surface area contributed by atoms with E-state index < -0.39 is 0 Å². The average molecular weight is 415 g/mol. The van der Waals surface area contributed by atoms with E-state index in [0.717, 1.165) is 70.2 Å². The number of hydrogen-bond donors (Lipinski definition) is 1. The highest BCUT2D eigenvalue weighted by Gasteiger charge is 2.63. The van der Waals surface area contributed by atoms with Crippen LogP contribution in [0.4, 0.5) is 0 Å². The van der Waals surface area contributed by atoms with Crippen molar-refractivity contribution in [3.63, 3.8) is 0 Å². The summed E-state index contributed by atoms with van der Waals surface area (Å²) in [5.41, 5.74) is 0.997. The van der Waals surface area contributed by atoms with Gasteiger partial charge in [-0.2, -0.15) is 0 Å². The van der Waals surface area contributed by atoms with Crippen LogP contribution in [0.15, 0.2) is 5.16 Å². The second kappa shape index (κ2) is 7.43. The molecule has 0 aromatic carbocycles. The first-order valence-electron chi connectivity index (χ1n) is 12.4. The van der Waals surface area contributed by atoms with E-state index in [2.05, 4.69) is 31.2 Å². The van der Waals surface area contributed by atoms with Crippen molar-refractivity contribution < 1.29 is 14.4 Å². The summed E-state index contributed by atoms with van der Waals surface area (Å²) in [6.45, 7) is 8.66. The van der Waals surface area contributed by atoms with Crippen LogP contribution in [0.1, 0.15) is 78.6 Å². The summed E-state index contributed by atoms with van der Waals surface area (Å²) in [5, 5.41) is 7.96. The number of oxime groups is 1. The Kier molecular flexibility index (Phi) is 5.11. The number of hydrogen-bond acceptors (Lipinski definition) is 5. The monoisotopic (exact) mass is 414 g/mol. The van der Waals surface area contributed by atoms with Gasteiger partial charge in [0.05, 0.1) is 5.71 Å². The van der Waals surface area contributed by atoms with Gasteiger partial charge in [-0.3, -0.25) is 9.59 Å². The quantitative estimate of drug-likeness (QED) is 0.705. The molecule has 0 bridgehead atoms. The van der Waals surface area contributed by atoms with E-state index >= 15 is 0 Å². The summed E-state index contributed by atoms with van der Waals surface area (Å²) in [6.07, 6.45) is 8.64. The summed E-state index contributed by atoms with van der Waals surface area (Å²) in [7, 11) is 0. The molecule has 8 atom stereocenters. The molecule has 5 nitrogen and oxygen atoms in total. The van der Waals surface area contributed by atoms with Gasteiger partial charge in [0, 0.05) is 43.1 Å². The first-order valence-corrected chi connectivity index (χ1v) is 12.4. The van der Waals surface area contributed by atoms with Crippen molar-refractivity contribution in [2.75, 3.05) is 13.1 Å². The molecular formula is C25H38N2O3. The van der Waals surface area contributed by atoms with E-state index in [1.54, 1.807) is 0 Å². The van der Waals surface area contributed by atoms with Gasteiger partial charge in [0.1, 0.15) is 17.7 Å². The topological polar surface area (TPSA) is 67.8 Å². The second-order valence-electron chi connectivity index (χ2n) is 11.3. The highest BCUT2D eigenvalue weighted by atomic mass is 16.6. The zero-order chi connectivity index (χ0) is 21.1. The van der Waals surface area contributed by atoms with Gasteiger partial charge in [-0.25, -0.2) is 0 Å². The van der Waals surface area contributed by atoms with Gasteiger partial charge in [-0.1, -0.05) is 25.9 Å². The van der Waals surface area contributed by atoms with Crippen molar-refractivity contribution in [1.82, 2.24) is 5.32 Å². The zero-order valence-electron chi connectivity index (χ0n) is 18.9. The molecule has 4 aliphatic carbocycles. The van der Waals surface area contributed by atoms with Crippen LogP contribution in [0.3, 0.4) is 0 Å². The van der Waals surface area contributed by atoms with Crippen molar-refractivity contribution in [3.05, 3.63) is 0 Å². The Labute approximate surface area is 180 Å². The lowest BCUT2D eigenvalue weighted by Crippen LogP contribution is -2.59. The minimum absolute atomic E-state index is 0.0432. The summed E-state index contributed by atoms with van der Waals surface area (Å²) in [4.78, 5) is 32.2. The van der Waals surface area contributed by atoms with Crippen molar-refractivity contribution in [2.24, 2.45) is 45.6 Å². The Morgan fingerprint density at radius 2 is 1.93 bits per heavy atom. The number of Topliss-reactive ketones (excluding diaryl/α,β-unsaturated/α-hetero) is 2. The Bertz CT molecular complexity index is 757. The summed E-state index contributed by atoms with van der Waals surface area (Å²) < 4.78 is 0. The molecule has 0 spiro atoms. The predicted octanol–water partition coefficient (Wildman–Crippen LogP) is 4.15. The third kappa shape index (κ3) is 2.94. The lowest BCUT2D eigenvalue weighted by atomic mass is 9.43. The Balaban J connectivity index is 1.41. The maximum atomic E-state index is 13.6. The van der Waals surface area contributed by atoms with E-state index in [9.17, 15) is 9.59 Å². The van der Waals surface area contributed by atoms with Crippen molar-refractivity contribution in [1.29, 1.82) is 0 Å². The number of ketones is 2. The van der Waals surface area contributed by atoms with Gasteiger partial charge in [-0.15, -0.1) is 0 Å². The molecule has 5 aliphatic rings. The SMILES string of the molecule is CCC1/C(=N/O[C@@H]2CCNC2)CC[C@@]2(C)[C@H]1C(=O)C[C@@H]1[C@@H]2CC[C@]2(C)C(=O)CC[C@@H]12. The molecule has 1 aliphatic heterocycles. The van der Waals surface area contributed by atoms with Gasteiger partial charge >= 0.3 is 0 Å². The third-order valence-electron chi connectivity index (χ3n) is 10.0. The number of rotatable bonds is 3. The van der Waals surface area contributed by atoms with E-state index in [1.807, 2.05) is 0 Å². The molecule has 1 saturated heterocycles. The zero-order valence-corrected chi connectivity index (χ0v) is 18.9. The average Bonchev–Trinajstić information content (AvgIpc) is 3.34. The minimum atomic E-state index is -0.167. The first kappa shape index (κ1) is 20.7. The number of fused-ring (bicyclic) bond motifs is 5. The molecule has 4 saturated carbocycles. The molecule has 166 valence electrons. The van der Waals surface area contributed by atoms with Crippen molar-refractivity contribution in [3.8, 4) is 0 Å². The molecule has 1 N–H and O–H groups in total. The third-order valence-corrected chi connectivity index (χ3v) is 10.0. The number of nitrogens with one attached hydrogen (secondary N) is 1. The Morgan fingerprint density at radius 3 is 2.67 bits per heavy atom. The number of carbonyl (C=O) groups excluding carboxylic acids is 2. The van der Waals surface area contributed by atoms with Crippen LogP contribution in [0.2, 0.25) is 0 Å². The van der Waals surface area contributed by atoms with Gasteiger partial charge < -0.3 is 10.2 Å². The normalized spacial score (nSPS) is 49.6. The summed E-state index contributed by atoms with van der Waals surface area (Å²) in [5.74, 6) is 2.56. The molecule has 30 heavy (non-hydrogen) atoms. The predicted molar refractivity (Wildman–Crippen MR) is 116 cm³/mol. The maximum Gasteiger partial charge on any atom is 0.141 e. The molecule has 5 heteroatoms. The summed E-state index contributed by atoms with van der Waals surface area (Å²) >= 11 is 0. The molecule has 0 amide bonds. The smallest absolute Gasteiger partial charge is 0.141 e. The highest BCUT2D eigenvalue weighted by molar-refractivity contribution is 5.95. The van der Waals surface area contributed by atoms with E-state index in [-0.39, 0.29) is 28.8 Å². The van der Waals surface area contributed by atoms with Crippen LogP contribution in [-0.4, -0.2) is 36.5 Å². The van der Waals surface area contributed by atoms with E-state index in [1.165, 1.54) is 0 Å². The highest BCUT2D eigenvalue weighted by Crippen LogP contribution is 2.65. The van der Waals surface area contributed by atoms with Crippen LogP contribution >= 0.6 is 0 Å². The molecule has 0 radical (unpaired) electrons. The van der Waals surface area contributed by atoms with Gasteiger partial charge in [0.2, 0.25) is 0 Å². The fraction of sp³-hybridized carbons (Fsp3) is 0.880. The van der Waals surface area contributed by atoms with Crippen LogP contribution in [0.25, 0.3) is 0 Å². The fourth-order valence-electron chi connectivity index (χ4n) is 8.36. The van der Waals surface area contributed by atoms with Crippen LogP contribution < -0.4 is 5.32 Å². The van der Waals surface area contributed by atoms with Crippen molar-refractivity contribution in [2.45, 2.75) is 84.7 Å². The van der Waals surface area contributed by atoms with Crippen LogP contribution in [0, 0.1) is 40.4 Å². The number of nitrogens with zero attached hydrogens (tertiary/aromatic N) is 1. The standard InChI is InChI=1S/C25H38N2O3/c1-4-16-20(27-30-15-9-12-26-14-15)8-11-25(3)19-7-10-24(2)18(5-6-22(24)29)17(19)13-21(28)23(16)25/h15-19,23,26H,4-14H2,1-3H3/b27-20+/t15-,16?,17+,18+,19+,23-,24+,25-/m1/s1. The molecule has 0 aromatic heterocycles.